The van der Waals surface area contributed by atoms with Crippen molar-refractivity contribution in [3.05, 3.63) is 135 Å². The number of hydrogen-bond donors (Lipinski definition) is 0. The van der Waals surface area contributed by atoms with Gasteiger partial charge in [0.25, 0.3) is 0 Å². The van der Waals surface area contributed by atoms with Crippen LogP contribution in [0.4, 0.5) is 0 Å². The molecule has 1 saturated heterocycles. The summed E-state index contributed by atoms with van der Waals surface area (Å²) in [5, 5.41) is 1.41. The first-order valence-corrected chi connectivity index (χ1v) is 23.1. The van der Waals surface area contributed by atoms with Gasteiger partial charge in [0.1, 0.15) is 5.78 Å². The lowest BCUT2D eigenvalue weighted by atomic mass is 9.79. The molecule has 3 aromatic carbocycles. The highest BCUT2D eigenvalue weighted by atomic mass is 31.1. The van der Waals surface area contributed by atoms with Crippen LogP contribution in [0.3, 0.4) is 0 Å². The molecular weight excluding hydrogens is 712 g/mol. The van der Waals surface area contributed by atoms with Crippen molar-refractivity contribution >= 4 is 19.0 Å². The van der Waals surface area contributed by atoms with Gasteiger partial charge in [-0.25, -0.2) is 0 Å². The summed E-state index contributed by atoms with van der Waals surface area (Å²) in [6.45, 7) is 32.3. The molecule has 1 fully saturated rings. The lowest BCUT2D eigenvalue weighted by Gasteiger charge is -2.41. The van der Waals surface area contributed by atoms with Crippen LogP contribution in [0.15, 0.2) is 78.9 Å². The first-order chi connectivity index (χ1) is 27.0. The number of benzene rings is 3. The van der Waals surface area contributed by atoms with Gasteiger partial charge in [-0.2, -0.15) is 0 Å². The number of rotatable bonds is 11. The van der Waals surface area contributed by atoms with Gasteiger partial charge in [-0.3, -0.25) is 14.8 Å². The summed E-state index contributed by atoms with van der Waals surface area (Å²) in [6.07, 6.45) is 0.970. The highest BCUT2D eigenvalue weighted by Gasteiger charge is 2.44. The van der Waals surface area contributed by atoms with Gasteiger partial charge < -0.3 is 0 Å². The monoisotopic (exact) mass is 778 g/mol. The molecule has 0 saturated carbocycles. The molecule has 1 aliphatic heterocycles. The van der Waals surface area contributed by atoms with E-state index in [1.165, 1.54) is 60.9 Å². The predicted octanol–water partition coefficient (Wildman–Crippen LogP) is 15.1. The molecule has 0 aliphatic carbocycles. The number of Topliss-reactive ketones (excluding diaryl/α,β-unsaturated/α-hetero) is 1. The van der Waals surface area contributed by atoms with Crippen LogP contribution in [0.2, 0.25) is 0 Å². The van der Waals surface area contributed by atoms with Crippen LogP contribution in [0, 0.1) is 13.8 Å². The molecule has 2 aromatic heterocycles. The molecule has 0 bridgehead atoms. The normalized spacial score (nSPS) is 17.6. The Kier molecular flexibility index (Phi) is 13.1. The van der Waals surface area contributed by atoms with E-state index in [0.29, 0.717) is 54.1 Å². The number of hydrogen-bond acceptors (Lipinski definition) is 3. The summed E-state index contributed by atoms with van der Waals surface area (Å²) in [5.74, 6) is 2.42. The lowest BCUT2D eigenvalue weighted by molar-refractivity contribution is -0.119. The SMILES string of the molecule is Cc1cccc(C2CC(=O)CC(c3cccc(C)n3)P2c2c(-c3c(C(C)C)cc(C(C)C)cc3C(C)C)cccc2-c2c(C(C)C)cc(C(C)C)cc2C(C)C)n1. The predicted molar refractivity (Wildman–Crippen MR) is 246 cm³/mol. The van der Waals surface area contributed by atoms with Crippen molar-refractivity contribution in [2.75, 3.05) is 0 Å². The van der Waals surface area contributed by atoms with Crippen molar-refractivity contribution in [2.24, 2.45) is 0 Å². The van der Waals surface area contributed by atoms with E-state index in [9.17, 15) is 4.79 Å². The quantitative estimate of drug-likeness (QED) is 0.125. The minimum Gasteiger partial charge on any atom is -0.300 e. The van der Waals surface area contributed by atoms with Gasteiger partial charge >= 0.3 is 0 Å². The van der Waals surface area contributed by atoms with Crippen LogP contribution in [-0.2, 0) is 4.79 Å². The maximum absolute atomic E-state index is 14.2. The van der Waals surface area contributed by atoms with Gasteiger partial charge in [-0.05, 0) is 135 Å². The second-order valence-electron chi connectivity index (χ2n) is 18.6. The van der Waals surface area contributed by atoms with Crippen molar-refractivity contribution in [3.63, 3.8) is 0 Å². The molecule has 0 spiro atoms. The minimum atomic E-state index is -1.10. The van der Waals surface area contributed by atoms with Crippen LogP contribution in [0.25, 0.3) is 22.3 Å². The van der Waals surface area contributed by atoms with Crippen molar-refractivity contribution in [2.45, 2.75) is 157 Å². The molecule has 2 atom stereocenters. The number of aromatic nitrogens is 2. The first-order valence-electron chi connectivity index (χ1n) is 21.6. The van der Waals surface area contributed by atoms with Crippen molar-refractivity contribution in [1.82, 2.24) is 9.97 Å². The van der Waals surface area contributed by atoms with Crippen molar-refractivity contribution in [1.29, 1.82) is 0 Å². The van der Waals surface area contributed by atoms with Crippen molar-refractivity contribution < 1.29 is 4.79 Å². The molecule has 57 heavy (non-hydrogen) atoms. The average molecular weight is 779 g/mol. The Morgan fingerprint density at radius 3 is 1.12 bits per heavy atom. The van der Waals surface area contributed by atoms with Gasteiger partial charge in [0.15, 0.2) is 0 Å². The van der Waals surface area contributed by atoms with E-state index in [-0.39, 0.29) is 11.3 Å². The highest BCUT2D eigenvalue weighted by molar-refractivity contribution is 7.67. The molecule has 5 aromatic rings. The molecule has 1 aliphatic rings. The molecule has 0 N–H and O–H groups in total. The lowest BCUT2D eigenvalue weighted by Crippen LogP contribution is -2.27. The van der Waals surface area contributed by atoms with E-state index in [1.807, 2.05) is 0 Å². The van der Waals surface area contributed by atoms with E-state index in [1.54, 1.807) is 0 Å². The topological polar surface area (TPSA) is 42.9 Å². The Hall–Kier alpha value is -3.94. The number of nitrogens with zero attached hydrogens (tertiary/aromatic N) is 2. The second-order valence-corrected chi connectivity index (χ2v) is 21.1. The third-order valence-corrected chi connectivity index (χ3v) is 15.3. The number of ketones is 1. The van der Waals surface area contributed by atoms with Gasteiger partial charge in [0.05, 0.1) is 0 Å². The third-order valence-electron chi connectivity index (χ3n) is 12.1. The van der Waals surface area contributed by atoms with E-state index in [2.05, 4.69) is 176 Å². The fraction of sp³-hybridized carbons (Fsp3) is 0.453. The summed E-state index contributed by atoms with van der Waals surface area (Å²) < 4.78 is 0. The summed E-state index contributed by atoms with van der Waals surface area (Å²) in [6, 6.07) is 30.0. The fourth-order valence-electron chi connectivity index (χ4n) is 8.99. The first kappa shape index (κ1) is 42.7. The highest BCUT2D eigenvalue weighted by Crippen LogP contribution is 2.68. The molecular formula is C53H67N2OP. The molecule has 0 radical (unpaired) electrons. The summed E-state index contributed by atoms with van der Waals surface area (Å²) >= 11 is 0. The second kappa shape index (κ2) is 17.5. The van der Waals surface area contributed by atoms with Gasteiger partial charge in [0, 0.05) is 46.9 Å². The van der Waals surface area contributed by atoms with E-state index in [0.717, 1.165) is 22.8 Å². The molecule has 2 unspecified atom stereocenters. The largest absolute Gasteiger partial charge is 0.300 e. The van der Waals surface area contributed by atoms with E-state index in [4.69, 9.17) is 9.97 Å². The molecule has 3 nitrogen and oxygen atoms in total. The van der Waals surface area contributed by atoms with Crippen LogP contribution < -0.4 is 5.30 Å². The minimum absolute atomic E-state index is 0.0618. The Balaban J connectivity index is 1.87. The van der Waals surface area contributed by atoms with Gasteiger partial charge in [-0.15, -0.1) is 0 Å². The maximum Gasteiger partial charge on any atom is 0.134 e. The van der Waals surface area contributed by atoms with Gasteiger partial charge in [-0.1, -0.05) is 146 Å². The zero-order chi connectivity index (χ0) is 41.5. The smallest absolute Gasteiger partial charge is 0.134 e. The Labute approximate surface area is 346 Å². The number of carbonyl (C=O) groups excluding carboxylic acids is 1. The standard InChI is InChI=1S/C53H67N2OP/c1-30(2)38-24-43(32(5)6)51(44(25-38)33(7)8)41-20-17-21-42(52-45(34(9)10)26-39(31(3)4)27-46(52)35(11)12)53(41)57-49(47-22-15-18-36(13)54-47)28-40(56)29-50(57)48-23-16-19-37(14)55-48/h15-27,30-35,49-50H,28-29H2,1-14H3. The van der Waals surface area contributed by atoms with Crippen molar-refractivity contribution in [3.8, 4) is 22.3 Å². The van der Waals surface area contributed by atoms with Crippen LogP contribution in [-0.4, -0.2) is 15.8 Å². The molecule has 300 valence electrons. The summed E-state index contributed by atoms with van der Waals surface area (Å²) in [7, 11) is -1.10. The van der Waals surface area contributed by atoms with Crippen LogP contribution in [0.1, 0.15) is 199 Å². The zero-order valence-electron chi connectivity index (χ0n) is 37.3. The van der Waals surface area contributed by atoms with E-state index >= 15 is 0 Å². The van der Waals surface area contributed by atoms with E-state index < -0.39 is 7.92 Å². The third kappa shape index (κ3) is 8.76. The number of pyridine rings is 2. The van der Waals surface area contributed by atoms with Gasteiger partial charge in [0.2, 0.25) is 0 Å². The van der Waals surface area contributed by atoms with Crippen LogP contribution in [0.5, 0.6) is 0 Å². The zero-order valence-corrected chi connectivity index (χ0v) is 38.2. The Bertz CT molecular complexity index is 2030. The fourth-order valence-corrected chi connectivity index (χ4v) is 12.6. The molecule has 4 heteroatoms. The Morgan fingerprint density at radius 1 is 0.491 bits per heavy atom. The molecule has 6 rings (SSSR count). The summed E-state index contributed by atoms with van der Waals surface area (Å²) in [4.78, 5) is 24.7. The molecule has 3 heterocycles. The van der Waals surface area contributed by atoms with Crippen LogP contribution >= 0.6 is 7.92 Å². The summed E-state index contributed by atoms with van der Waals surface area (Å²) in [5.41, 5.74) is 17.7. The average Bonchev–Trinajstić information content (AvgIpc) is 3.16. The molecule has 0 amide bonds. The Morgan fingerprint density at radius 2 is 0.825 bits per heavy atom. The number of carbonyl (C=O) groups is 1. The number of aryl methyl sites for hydroxylation is 2. The maximum atomic E-state index is 14.2.